The van der Waals surface area contributed by atoms with Crippen LogP contribution in [0.25, 0.3) is 15.6 Å². The summed E-state index contributed by atoms with van der Waals surface area (Å²) in [6, 6.07) is 7.44. The number of β-amino-alcohol motifs (C(OH)–C–C–N with tert-alkyl or cyclic N) is 1. The molecule has 1 aliphatic heterocycles. The first-order valence-electron chi connectivity index (χ1n) is 11.1. The SMILES string of the molecule is CNC(=O)c1c(C)sc2cc(Oc3ccnn4cc(C(=O)N5CC[C@@](C)(O)C5)c(C)c34)ccc12. The van der Waals surface area contributed by atoms with E-state index in [2.05, 4.69) is 10.4 Å². The topological polar surface area (TPSA) is 96.2 Å². The standard InChI is InChI=1S/C25H26N4O4S/c1-14-18(24(31)28-10-8-25(3,32)13-28)12-29-22(14)19(7-9-27-29)33-16-5-6-17-20(11-16)34-15(2)21(17)23(30)26-4/h5-7,9,11-12,32H,8,10,13H2,1-4H3,(H,26,30)/t25-/m1/s1. The van der Waals surface area contributed by atoms with Crippen molar-refractivity contribution in [2.45, 2.75) is 32.8 Å². The molecule has 8 nitrogen and oxygen atoms in total. The molecule has 1 fully saturated rings. The van der Waals surface area contributed by atoms with E-state index in [-0.39, 0.29) is 11.8 Å². The Morgan fingerprint density at radius 3 is 2.76 bits per heavy atom. The third kappa shape index (κ3) is 3.70. The number of likely N-dealkylation sites (tertiary alicyclic amines) is 1. The van der Waals surface area contributed by atoms with Crippen LogP contribution in [-0.2, 0) is 0 Å². The number of nitrogens with one attached hydrogen (secondary N) is 1. The number of fused-ring (bicyclic) bond motifs is 2. The maximum Gasteiger partial charge on any atom is 0.255 e. The summed E-state index contributed by atoms with van der Waals surface area (Å²) in [6.45, 7) is 6.40. The first kappa shape index (κ1) is 22.4. The second-order valence-corrected chi connectivity index (χ2v) is 10.3. The first-order chi connectivity index (χ1) is 16.2. The van der Waals surface area contributed by atoms with Gasteiger partial charge in [-0.2, -0.15) is 5.10 Å². The molecule has 2 N–H and O–H groups in total. The van der Waals surface area contributed by atoms with Gasteiger partial charge in [-0.25, -0.2) is 4.52 Å². The molecule has 4 heterocycles. The second kappa shape index (κ2) is 8.11. The van der Waals surface area contributed by atoms with Crippen LogP contribution >= 0.6 is 11.3 Å². The quantitative estimate of drug-likeness (QED) is 0.464. The number of aromatic nitrogens is 2. The van der Waals surface area contributed by atoms with Gasteiger partial charge in [0.05, 0.1) is 22.9 Å². The average molecular weight is 479 g/mol. The predicted molar refractivity (Wildman–Crippen MR) is 131 cm³/mol. The number of carbonyl (C=O) groups is 2. The molecular weight excluding hydrogens is 452 g/mol. The number of rotatable bonds is 4. The molecule has 2 amide bonds. The summed E-state index contributed by atoms with van der Waals surface area (Å²) in [5, 5.41) is 18.2. The molecule has 0 radical (unpaired) electrons. The van der Waals surface area contributed by atoms with Gasteiger partial charge in [0.15, 0.2) is 5.75 Å². The van der Waals surface area contributed by atoms with E-state index >= 15 is 0 Å². The largest absolute Gasteiger partial charge is 0.455 e. The van der Waals surface area contributed by atoms with Gasteiger partial charge in [0.2, 0.25) is 0 Å². The molecule has 1 aromatic carbocycles. The van der Waals surface area contributed by atoms with E-state index in [1.165, 1.54) is 0 Å². The van der Waals surface area contributed by atoms with Crippen molar-refractivity contribution in [3.63, 3.8) is 0 Å². The normalized spacial score (nSPS) is 18.1. The Kier molecular flexibility index (Phi) is 5.33. The fourth-order valence-corrected chi connectivity index (χ4v) is 5.70. The first-order valence-corrected chi connectivity index (χ1v) is 11.9. The molecule has 0 bridgehead atoms. The van der Waals surface area contributed by atoms with Crippen molar-refractivity contribution in [3.05, 3.63) is 58.2 Å². The Balaban J connectivity index is 1.49. The van der Waals surface area contributed by atoms with E-state index in [9.17, 15) is 14.7 Å². The summed E-state index contributed by atoms with van der Waals surface area (Å²) in [6.07, 6.45) is 3.91. The van der Waals surface area contributed by atoms with Gasteiger partial charge in [-0.15, -0.1) is 11.3 Å². The number of aliphatic hydroxyl groups is 1. The lowest BCUT2D eigenvalue weighted by molar-refractivity contribution is 0.0572. The Labute approximate surface area is 200 Å². The molecule has 0 unspecified atom stereocenters. The number of hydrogen-bond acceptors (Lipinski definition) is 6. The van der Waals surface area contributed by atoms with Crippen molar-refractivity contribution in [2.75, 3.05) is 20.1 Å². The summed E-state index contributed by atoms with van der Waals surface area (Å²) >= 11 is 1.55. The third-order valence-corrected chi connectivity index (χ3v) is 7.45. The Hall–Kier alpha value is -3.43. The van der Waals surface area contributed by atoms with Crippen molar-refractivity contribution in [2.24, 2.45) is 0 Å². The molecule has 1 saturated heterocycles. The number of carbonyl (C=O) groups excluding carboxylic acids is 2. The highest BCUT2D eigenvalue weighted by molar-refractivity contribution is 7.19. The van der Waals surface area contributed by atoms with Gasteiger partial charge in [-0.1, -0.05) is 0 Å². The molecule has 5 rings (SSSR count). The fourth-order valence-electron chi connectivity index (χ4n) is 4.61. The van der Waals surface area contributed by atoms with E-state index < -0.39 is 5.60 Å². The Bertz CT molecular complexity index is 1450. The lowest BCUT2D eigenvalue weighted by atomic mass is 10.1. The van der Waals surface area contributed by atoms with Gasteiger partial charge < -0.3 is 20.1 Å². The number of amides is 2. The maximum atomic E-state index is 13.2. The van der Waals surface area contributed by atoms with Crippen LogP contribution in [0.1, 0.15) is 44.5 Å². The fraction of sp³-hybridized carbons (Fsp3) is 0.320. The van der Waals surface area contributed by atoms with Crippen LogP contribution in [0.5, 0.6) is 11.5 Å². The van der Waals surface area contributed by atoms with Gasteiger partial charge in [0.1, 0.15) is 11.3 Å². The van der Waals surface area contributed by atoms with Crippen LogP contribution in [0, 0.1) is 13.8 Å². The van der Waals surface area contributed by atoms with E-state index in [1.54, 1.807) is 53.2 Å². The molecule has 0 saturated carbocycles. The molecule has 1 aliphatic rings. The van der Waals surface area contributed by atoms with Crippen LogP contribution in [0.2, 0.25) is 0 Å². The van der Waals surface area contributed by atoms with Crippen molar-refractivity contribution in [1.82, 2.24) is 19.8 Å². The average Bonchev–Trinajstić information content (AvgIpc) is 3.45. The molecule has 34 heavy (non-hydrogen) atoms. The molecule has 3 aromatic heterocycles. The summed E-state index contributed by atoms with van der Waals surface area (Å²) < 4.78 is 8.87. The molecule has 0 spiro atoms. The summed E-state index contributed by atoms with van der Waals surface area (Å²) in [4.78, 5) is 28.1. The minimum atomic E-state index is -0.855. The zero-order chi connectivity index (χ0) is 24.2. The zero-order valence-electron chi connectivity index (χ0n) is 19.5. The summed E-state index contributed by atoms with van der Waals surface area (Å²) in [5.74, 6) is 0.992. The number of benzene rings is 1. The van der Waals surface area contributed by atoms with Gasteiger partial charge >= 0.3 is 0 Å². The predicted octanol–water partition coefficient (Wildman–Crippen LogP) is 3.91. The number of thiophene rings is 1. The van der Waals surface area contributed by atoms with Crippen LogP contribution in [-0.4, -0.2) is 57.2 Å². The number of aryl methyl sites for hydroxylation is 2. The van der Waals surface area contributed by atoms with Gasteiger partial charge in [0.25, 0.3) is 11.8 Å². The van der Waals surface area contributed by atoms with Crippen molar-refractivity contribution in [1.29, 1.82) is 0 Å². The van der Waals surface area contributed by atoms with Crippen molar-refractivity contribution < 1.29 is 19.4 Å². The monoisotopic (exact) mass is 478 g/mol. The lowest BCUT2D eigenvalue weighted by Crippen LogP contribution is -2.34. The maximum absolute atomic E-state index is 13.2. The summed E-state index contributed by atoms with van der Waals surface area (Å²) in [7, 11) is 1.63. The van der Waals surface area contributed by atoms with Gasteiger partial charge in [-0.3, -0.25) is 9.59 Å². The van der Waals surface area contributed by atoms with Crippen molar-refractivity contribution >= 4 is 38.8 Å². The molecular formula is C25H26N4O4S. The molecule has 176 valence electrons. The third-order valence-electron chi connectivity index (χ3n) is 6.38. The molecule has 4 aromatic rings. The molecule has 9 heteroatoms. The number of nitrogens with zero attached hydrogens (tertiary/aromatic N) is 3. The smallest absolute Gasteiger partial charge is 0.255 e. The number of hydrogen-bond donors (Lipinski definition) is 2. The molecule has 1 atom stereocenters. The second-order valence-electron chi connectivity index (χ2n) is 9.00. The van der Waals surface area contributed by atoms with E-state index in [1.807, 2.05) is 32.0 Å². The zero-order valence-corrected chi connectivity index (χ0v) is 20.3. The minimum absolute atomic E-state index is 0.103. The lowest BCUT2D eigenvalue weighted by Gasteiger charge is -2.18. The van der Waals surface area contributed by atoms with E-state index in [0.717, 1.165) is 20.5 Å². The van der Waals surface area contributed by atoms with Crippen LogP contribution < -0.4 is 10.1 Å². The van der Waals surface area contributed by atoms with Crippen LogP contribution in [0.3, 0.4) is 0 Å². The van der Waals surface area contributed by atoms with Gasteiger partial charge in [-0.05, 0) is 51.0 Å². The Morgan fingerprint density at radius 2 is 2.06 bits per heavy atom. The van der Waals surface area contributed by atoms with Crippen LogP contribution in [0.15, 0.2) is 36.7 Å². The van der Waals surface area contributed by atoms with Crippen molar-refractivity contribution in [3.8, 4) is 11.5 Å². The minimum Gasteiger partial charge on any atom is -0.455 e. The van der Waals surface area contributed by atoms with E-state index in [4.69, 9.17) is 4.74 Å². The highest BCUT2D eigenvalue weighted by Crippen LogP contribution is 2.36. The van der Waals surface area contributed by atoms with Gasteiger partial charge in [0, 0.05) is 47.4 Å². The van der Waals surface area contributed by atoms with E-state index in [0.29, 0.717) is 47.7 Å². The highest BCUT2D eigenvalue weighted by Gasteiger charge is 2.35. The summed E-state index contributed by atoms with van der Waals surface area (Å²) in [5.41, 5.74) is 1.86. The highest BCUT2D eigenvalue weighted by atomic mass is 32.1. The molecule has 0 aliphatic carbocycles. The van der Waals surface area contributed by atoms with Crippen LogP contribution in [0.4, 0.5) is 0 Å². The number of ether oxygens (including phenoxy) is 1. The Morgan fingerprint density at radius 1 is 1.26 bits per heavy atom.